The number of tetrazole rings is 1. The molecule has 6 heteroatoms. The third kappa shape index (κ3) is 1.65. The predicted molar refractivity (Wildman–Crippen MR) is 56.6 cm³/mol. The molecular weight excluding hydrogens is 258 g/mol. The molecule has 1 saturated carbocycles. The van der Waals surface area contributed by atoms with Crippen LogP contribution in [0.1, 0.15) is 24.6 Å². The lowest BCUT2D eigenvalue weighted by Gasteiger charge is -2.02. The first-order chi connectivity index (χ1) is 7.34. The lowest BCUT2D eigenvalue weighted by atomic mass is 10.3. The number of pyridine rings is 1. The maximum Gasteiger partial charge on any atom is 0.159 e. The summed E-state index contributed by atoms with van der Waals surface area (Å²) in [5.74, 6) is 1.47. The number of aromatic nitrogens is 5. The second-order valence-electron chi connectivity index (χ2n) is 3.58. The van der Waals surface area contributed by atoms with Crippen LogP contribution in [0.2, 0.25) is 0 Å². The molecule has 0 amide bonds. The molecule has 1 fully saturated rings. The first kappa shape index (κ1) is 8.96. The molecule has 0 N–H and O–H groups in total. The van der Waals surface area contributed by atoms with E-state index < -0.39 is 0 Å². The summed E-state index contributed by atoms with van der Waals surface area (Å²) < 4.78 is 2.69. The van der Waals surface area contributed by atoms with Crippen LogP contribution in [0.15, 0.2) is 22.9 Å². The first-order valence-electron chi connectivity index (χ1n) is 4.74. The van der Waals surface area contributed by atoms with E-state index in [1.807, 2.05) is 6.07 Å². The minimum absolute atomic E-state index is 0.527. The summed E-state index contributed by atoms with van der Waals surface area (Å²) in [7, 11) is 0. The van der Waals surface area contributed by atoms with Gasteiger partial charge in [-0.15, -0.1) is 5.10 Å². The molecule has 0 saturated heterocycles. The summed E-state index contributed by atoms with van der Waals surface area (Å²) in [5.41, 5.74) is 0.899. The quantitative estimate of drug-likeness (QED) is 0.830. The van der Waals surface area contributed by atoms with Crippen molar-refractivity contribution in [3.63, 3.8) is 0 Å². The van der Waals surface area contributed by atoms with Gasteiger partial charge in [0.15, 0.2) is 5.82 Å². The zero-order valence-electron chi connectivity index (χ0n) is 7.84. The average Bonchev–Trinajstić information content (AvgIpc) is 2.96. The van der Waals surface area contributed by atoms with Gasteiger partial charge in [-0.05, 0) is 45.3 Å². The van der Waals surface area contributed by atoms with Crippen LogP contribution in [0.25, 0.3) is 5.69 Å². The summed E-state index contributed by atoms with van der Waals surface area (Å²) in [4.78, 5) is 4.10. The van der Waals surface area contributed by atoms with Crippen molar-refractivity contribution in [3.05, 3.63) is 28.8 Å². The Balaban J connectivity index is 2.07. The highest BCUT2D eigenvalue weighted by Crippen LogP contribution is 2.39. The number of halogens is 1. The predicted octanol–water partition coefficient (Wildman–Crippen LogP) is 1.70. The highest BCUT2D eigenvalue weighted by molar-refractivity contribution is 9.10. The monoisotopic (exact) mass is 265 g/mol. The van der Waals surface area contributed by atoms with Crippen LogP contribution in [-0.4, -0.2) is 25.2 Å². The van der Waals surface area contributed by atoms with Crippen LogP contribution in [0.5, 0.6) is 0 Å². The molecule has 0 unspecified atom stereocenters. The van der Waals surface area contributed by atoms with E-state index in [1.165, 1.54) is 12.8 Å². The van der Waals surface area contributed by atoms with Crippen LogP contribution < -0.4 is 0 Å². The van der Waals surface area contributed by atoms with Crippen molar-refractivity contribution in [1.82, 2.24) is 25.2 Å². The Morgan fingerprint density at radius 2 is 2.20 bits per heavy atom. The number of hydrogen-bond donors (Lipinski definition) is 0. The van der Waals surface area contributed by atoms with Crippen LogP contribution >= 0.6 is 15.9 Å². The van der Waals surface area contributed by atoms with Gasteiger partial charge in [0.25, 0.3) is 0 Å². The molecule has 2 aromatic heterocycles. The van der Waals surface area contributed by atoms with Gasteiger partial charge in [0.05, 0.1) is 11.9 Å². The molecule has 0 aliphatic heterocycles. The molecule has 0 spiro atoms. The van der Waals surface area contributed by atoms with Crippen molar-refractivity contribution < 1.29 is 0 Å². The van der Waals surface area contributed by atoms with E-state index in [9.17, 15) is 0 Å². The van der Waals surface area contributed by atoms with Gasteiger partial charge >= 0.3 is 0 Å². The summed E-state index contributed by atoms with van der Waals surface area (Å²) in [5, 5.41) is 11.7. The topological polar surface area (TPSA) is 56.5 Å². The summed E-state index contributed by atoms with van der Waals surface area (Å²) in [6, 6.07) is 1.95. The van der Waals surface area contributed by atoms with Gasteiger partial charge < -0.3 is 0 Å². The SMILES string of the molecule is Brc1cncc(-n2nnnc2C2CC2)c1. The van der Waals surface area contributed by atoms with Crippen molar-refractivity contribution in [3.8, 4) is 5.69 Å². The minimum Gasteiger partial charge on any atom is -0.261 e. The Hall–Kier alpha value is -1.30. The molecule has 2 heterocycles. The molecule has 2 aromatic rings. The van der Waals surface area contributed by atoms with Crippen LogP contribution in [0.4, 0.5) is 0 Å². The zero-order chi connectivity index (χ0) is 10.3. The van der Waals surface area contributed by atoms with E-state index >= 15 is 0 Å². The molecule has 0 radical (unpaired) electrons. The summed E-state index contributed by atoms with van der Waals surface area (Å²) in [6.45, 7) is 0. The molecule has 0 aromatic carbocycles. The van der Waals surface area contributed by atoms with Crippen molar-refractivity contribution in [1.29, 1.82) is 0 Å². The molecule has 5 nitrogen and oxygen atoms in total. The van der Waals surface area contributed by atoms with E-state index in [0.29, 0.717) is 5.92 Å². The van der Waals surface area contributed by atoms with Gasteiger partial charge in [-0.3, -0.25) is 4.98 Å². The molecule has 1 aliphatic rings. The third-order valence-electron chi connectivity index (χ3n) is 2.37. The maximum atomic E-state index is 4.10. The normalized spacial score (nSPS) is 15.5. The summed E-state index contributed by atoms with van der Waals surface area (Å²) >= 11 is 3.38. The van der Waals surface area contributed by atoms with Crippen LogP contribution in [-0.2, 0) is 0 Å². The van der Waals surface area contributed by atoms with Crippen molar-refractivity contribution >= 4 is 15.9 Å². The zero-order valence-corrected chi connectivity index (χ0v) is 9.42. The number of hydrogen-bond acceptors (Lipinski definition) is 4. The van der Waals surface area contributed by atoms with E-state index in [0.717, 1.165) is 16.0 Å². The fraction of sp³-hybridized carbons (Fsp3) is 0.333. The van der Waals surface area contributed by atoms with Gasteiger partial charge in [-0.1, -0.05) is 0 Å². The maximum absolute atomic E-state index is 4.10. The fourth-order valence-electron chi connectivity index (χ4n) is 1.49. The fourth-order valence-corrected chi connectivity index (χ4v) is 1.84. The molecule has 3 rings (SSSR count). The average molecular weight is 266 g/mol. The molecule has 15 heavy (non-hydrogen) atoms. The van der Waals surface area contributed by atoms with Gasteiger partial charge in [0, 0.05) is 16.6 Å². The largest absolute Gasteiger partial charge is 0.261 e. The van der Waals surface area contributed by atoms with Crippen molar-refractivity contribution in [2.45, 2.75) is 18.8 Å². The lowest BCUT2D eigenvalue weighted by molar-refractivity contribution is 0.759. The van der Waals surface area contributed by atoms with Crippen LogP contribution in [0.3, 0.4) is 0 Å². The van der Waals surface area contributed by atoms with E-state index in [-0.39, 0.29) is 0 Å². The van der Waals surface area contributed by atoms with Gasteiger partial charge in [0.2, 0.25) is 0 Å². The molecule has 1 aliphatic carbocycles. The minimum atomic E-state index is 0.527. The molecule has 76 valence electrons. The Morgan fingerprint density at radius 3 is 2.93 bits per heavy atom. The standard InChI is InChI=1S/C9H8BrN5/c10-7-3-8(5-11-4-7)15-9(6-1-2-6)12-13-14-15/h3-6H,1-2H2. The van der Waals surface area contributed by atoms with E-state index in [4.69, 9.17) is 0 Å². The van der Waals surface area contributed by atoms with Gasteiger partial charge in [0.1, 0.15) is 0 Å². The third-order valence-corrected chi connectivity index (χ3v) is 2.80. The number of nitrogens with zero attached hydrogens (tertiary/aromatic N) is 5. The highest BCUT2D eigenvalue weighted by atomic mass is 79.9. The first-order valence-corrected chi connectivity index (χ1v) is 5.53. The highest BCUT2D eigenvalue weighted by Gasteiger charge is 2.29. The number of rotatable bonds is 2. The smallest absolute Gasteiger partial charge is 0.159 e. The van der Waals surface area contributed by atoms with Gasteiger partial charge in [-0.25, -0.2) is 0 Å². The van der Waals surface area contributed by atoms with Crippen molar-refractivity contribution in [2.24, 2.45) is 0 Å². The van der Waals surface area contributed by atoms with Crippen LogP contribution in [0, 0.1) is 0 Å². The summed E-state index contributed by atoms with van der Waals surface area (Å²) in [6.07, 6.45) is 5.86. The molecule has 0 atom stereocenters. The Kier molecular flexibility index (Phi) is 2.02. The molecular formula is C9H8BrN5. The lowest BCUT2D eigenvalue weighted by Crippen LogP contribution is -2.02. The Bertz CT molecular complexity index is 491. The Labute approximate surface area is 94.6 Å². The van der Waals surface area contributed by atoms with Gasteiger partial charge in [-0.2, -0.15) is 4.68 Å². The Morgan fingerprint density at radius 1 is 1.33 bits per heavy atom. The molecule has 0 bridgehead atoms. The second-order valence-corrected chi connectivity index (χ2v) is 4.50. The van der Waals surface area contributed by atoms with E-state index in [1.54, 1.807) is 17.1 Å². The van der Waals surface area contributed by atoms with Crippen molar-refractivity contribution in [2.75, 3.05) is 0 Å². The van der Waals surface area contributed by atoms with E-state index in [2.05, 4.69) is 36.4 Å². The second kappa shape index (κ2) is 3.37.